The molecule has 3 N–H and O–H groups in total. The summed E-state index contributed by atoms with van der Waals surface area (Å²) in [6, 6.07) is 22.8. The molecular weight excluding hydrogens is 663 g/mol. The Balaban J connectivity index is 1.15. The fourth-order valence-corrected chi connectivity index (χ4v) is 6.80. The van der Waals surface area contributed by atoms with Crippen molar-refractivity contribution >= 4 is 34.8 Å². The molecule has 0 bridgehead atoms. The Bertz CT molecular complexity index is 1950. The van der Waals surface area contributed by atoms with Gasteiger partial charge in [0.2, 0.25) is 0 Å². The van der Waals surface area contributed by atoms with E-state index in [0.29, 0.717) is 33.3 Å². The highest BCUT2D eigenvalue weighted by Crippen LogP contribution is 2.31. The second-order valence-electron chi connectivity index (χ2n) is 13.3. The van der Waals surface area contributed by atoms with Crippen LogP contribution in [0, 0.1) is 11.7 Å². The molecule has 11 heteroatoms. The quantitative estimate of drug-likeness (QED) is 0.140. The number of carboxylic acids is 1. The summed E-state index contributed by atoms with van der Waals surface area (Å²) in [6.45, 7) is 6.67. The molecule has 5 aromatic rings. The fourth-order valence-electron chi connectivity index (χ4n) is 5.70. The number of likely N-dealkylation sites (tertiary alicyclic amines) is 1. The van der Waals surface area contributed by atoms with Crippen LogP contribution in [0.25, 0.3) is 33.6 Å². The average Bonchev–Trinajstić information content (AvgIpc) is 3.56. The molecule has 3 aromatic carbocycles. The maximum absolute atomic E-state index is 15.1. The Kier molecular flexibility index (Phi) is 9.94. The zero-order valence-corrected chi connectivity index (χ0v) is 28.8. The Morgan fingerprint density at radius 1 is 0.939 bits per heavy atom. The smallest absolute Gasteiger partial charge is 0.309 e. The standard InChI is InChI=1S/C38H36ClFN4O4S/c1-38(2,3)33-15-14-32(49-33)35(45)43-31(36(46)44-20-27(21-44)37(47)48)16-22-4-6-24(7-5-22)34-41-18-26(19-42-34)29-13-10-25(17-30(29)40)23-8-11-28(39)12-9-23/h4-15,17-19,27,31,36,46H,16,20-21H2,1-3H3,(H,43,45)(H,47,48)/t31-,36?/m0/s1. The van der Waals surface area contributed by atoms with Crippen LogP contribution in [0.15, 0.2) is 91.3 Å². The molecule has 3 heterocycles. The van der Waals surface area contributed by atoms with Crippen LogP contribution in [0.1, 0.15) is 40.9 Å². The molecule has 49 heavy (non-hydrogen) atoms. The molecule has 1 amide bonds. The number of halogens is 2. The van der Waals surface area contributed by atoms with Gasteiger partial charge in [0.1, 0.15) is 12.0 Å². The Labute approximate surface area is 293 Å². The number of nitrogens with zero attached hydrogens (tertiary/aromatic N) is 3. The van der Waals surface area contributed by atoms with E-state index in [4.69, 9.17) is 11.6 Å². The molecule has 2 aromatic heterocycles. The number of rotatable bonds is 10. The molecule has 1 aliphatic heterocycles. The van der Waals surface area contributed by atoms with Crippen LogP contribution in [-0.2, 0) is 16.6 Å². The summed E-state index contributed by atoms with van der Waals surface area (Å²) in [5, 5.41) is 24.2. The van der Waals surface area contributed by atoms with E-state index in [0.717, 1.165) is 27.1 Å². The van der Waals surface area contributed by atoms with Crippen LogP contribution in [0.2, 0.25) is 5.02 Å². The Morgan fingerprint density at radius 3 is 2.16 bits per heavy atom. The third kappa shape index (κ3) is 7.89. The van der Waals surface area contributed by atoms with Crippen molar-refractivity contribution in [3.05, 3.63) is 117 Å². The molecule has 252 valence electrons. The number of hydrogen-bond acceptors (Lipinski definition) is 7. The summed E-state index contributed by atoms with van der Waals surface area (Å²) in [5.74, 6) is -1.66. The summed E-state index contributed by atoms with van der Waals surface area (Å²) < 4.78 is 15.1. The van der Waals surface area contributed by atoms with Crippen molar-refractivity contribution in [3.8, 4) is 33.6 Å². The average molecular weight is 699 g/mol. The van der Waals surface area contributed by atoms with E-state index in [1.54, 1.807) is 41.6 Å². The first-order chi connectivity index (χ1) is 23.4. The number of carbonyl (C=O) groups is 2. The molecule has 0 spiro atoms. The molecule has 0 saturated carbocycles. The molecule has 2 atom stereocenters. The maximum Gasteiger partial charge on any atom is 0.309 e. The van der Waals surface area contributed by atoms with E-state index >= 15 is 4.39 Å². The number of aliphatic carboxylic acids is 1. The summed E-state index contributed by atoms with van der Waals surface area (Å²) >= 11 is 7.40. The van der Waals surface area contributed by atoms with Gasteiger partial charge in [-0.1, -0.05) is 80.9 Å². The van der Waals surface area contributed by atoms with Gasteiger partial charge in [0.25, 0.3) is 5.91 Å². The van der Waals surface area contributed by atoms with E-state index in [-0.39, 0.29) is 30.2 Å². The molecule has 8 nitrogen and oxygen atoms in total. The van der Waals surface area contributed by atoms with Crippen molar-refractivity contribution < 1.29 is 24.2 Å². The van der Waals surface area contributed by atoms with Gasteiger partial charge in [-0.05, 0) is 58.9 Å². The number of benzene rings is 3. The summed E-state index contributed by atoms with van der Waals surface area (Å²) in [6.07, 6.45) is 2.42. The fraction of sp³-hybridized carbons (Fsp3) is 0.263. The van der Waals surface area contributed by atoms with Gasteiger partial charge >= 0.3 is 5.97 Å². The van der Waals surface area contributed by atoms with E-state index < -0.39 is 24.2 Å². The zero-order valence-electron chi connectivity index (χ0n) is 27.2. The number of carbonyl (C=O) groups excluding carboxylic acids is 1. The normalized spacial score (nSPS) is 15.0. The molecule has 6 rings (SSSR count). The Morgan fingerprint density at radius 2 is 1.57 bits per heavy atom. The number of nitrogens with one attached hydrogen (secondary N) is 1. The maximum atomic E-state index is 15.1. The van der Waals surface area contributed by atoms with Crippen molar-refractivity contribution in [2.75, 3.05) is 13.1 Å². The monoisotopic (exact) mass is 698 g/mol. The number of aliphatic hydroxyl groups is 1. The minimum absolute atomic E-state index is 0.0995. The minimum atomic E-state index is -1.07. The van der Waals surface area contributed by atoms with Gasteiger partial charge in [-0.2, -0.15) is 0 Å². The molecular formula is C38H36ClFN4O4S. The zero-order chi connectivity index (χ0) is 34.9. The number of thiophene rings is 1. The number of amides is 1. The van der Waals surface area contributed by atoms with Gasteiger partial charge in [-0.3, -0.25) is 14.5 Å². The van der Waals surface area contributed by atoms with Gasteiger partial charge in [-0.15, -0.1) is 11.3 Å². The summed E-state index contributed by atoms with van der Waals surface area (Å²) in [7, 11) is 0. The third-order valence-electron chi connectivity index (χ3n) is 8.66. The van der Waals surface area contributed by atoms with Crippen LogP contribution >= 0.6 is 22.9 Å². The van der Waals surface area contributed by atoms with Gasteiger partial charge in [-0.25, -0.2) is 14.4 Å². The molecule has 1 fully saturated rings. The van der Waals surface area contributed by atoms with Crippen LogP contribution < -0.4 is 5.32 Å². The minimum Gasteiger partial charge on any atom is -0.481 e. The molecule has 1 unspecified atom stereocenters. The lowest BCUT2D eigenvalue weighted by atomic mass is 9.95. The van der Waals surface area contributed by atoms with Crippen molar-refractivity contribution in [2.45, 2.75) is 44.9 Å². The predicted molar refractivity (Wildman–Crippen MR) is 190 cm³/mol. The lowest BCUT2D eigenvalue weighted by molar-refractivity contribution is -0.155. The highest BCUT2D eigenvalue weighted by atomic mass is 35.5. The first-order valence-corrected chi connectivity index (χ1v) is 17.1. The predicted octanol–water partition coefficient (Wildman–Crippen LogP) is 7.31. The van der Waals surface area contributed by atoms with E-state index in [1.807, 2.05) is 48.5 Å². The molecule has 1 aliphatic rings. The second kappa shape index (κ2) is 14.2. The SMILES string of the molecule is CC(C)(C)c1ccc(C(=O)N[C@@H](Cc2ccc(-c3ncc(-c4ccc(-c5ccc(Cl)cc5)cc4F)cn3)cc2)C(O)N2CC(C(=O)O)C2)s1. The number of carboxylic acid groups (broad SMARTS) is 1. The lowest BCUT2D eigenvalue weighted by Gasteiger charge is -2.42. The third-order valence-corrected chi connectivity index (χ3v) is 10.4. The molecule has 0 aliphatic carbocycles. The van der Waals surface area contributed by atoms with Crippen molar-refractivity contribution in [1.82, 2.24) is 20.2 Å². The van der Waals surface area contributed by atoms with Crippen molar-refractivity contribution in [3.63, 3.8) is 0 Å². The van der Waals surface area contributed by atoms with Crippen LogP contribution in [-0.4, -0.2) is 62.3 Å². The highest BCUT2D eigenvalue weighted by molar-refractivity contribution is 7.14. The number of aromatic nitrogens is 2. The Hall–Kier alpha value is -4.48. The topological polar surface area (TPSA) is 116 Å². The first kappa shape index (κ1) is 34.4. The van der Waals surface area contributed by atoms with Gasteiger partial charge in [0, 0.05) is 52.1 Å². The first-order valence-electron chi connectivity index (χ1n) is 15.9. The molecule has 1 saturated heterocycles. The van der Waals surface area contributed by atoms with Gasteiger partial charge in [0.05, 0.1) is 16.8 Å². The number of hydrogen-bond donors (Lipinski definition) is 3. The van der Waals surface area contributed by atoms with Gasteiger partial charge in [0.15, 0.2) is 5.82 Å². The summed E-state index contributed by atoms with van der Waals surface area (Å²) in [4.78, 5) is 36.9. The van der Waals surface area contributed by atoms with E-state index in [1.165, 1.54) is 17.4 Å². The van der Waals surface area contributed by atoms with Crippen LogP contribution in [0.3, 0.4) is 0 Å². The lowest BCUT2D eigenvalue weighted by Crippen LogP contribution is -2.61. The second-order valence-corrected chi connectivity index (χ2v) is 14.8. The van der Waals surface area contributed by atoms with Crippen molar-refractivity contribution in [2.24, 2.45) is 5.92 Å². The van der Waals surface area contributed by atoms with E-state index in [9.17, 15) is 19.8 Å². The summed E-state index contributed by atoms with van der Waals surface area (Å²) in [5.41, 5.74) is 4.03. The highest BCUT2D eigenvalue weighted by Gasteiger charge is 2.39. The van der Waals surface area contributed by atoms with Crippen LogP contribution in [0.4, 0.5) is 4.39 Å². The largest absolute Gasteiger partial charge is 0.481 e. The van der Waals surface area contributed by atoms with Crippen LogP contribution in [0.5, 0.6) is 0 Å². The van der Waals surface area contributed by atoms with E-state index in [2.05, 4.69) is 36.1 Å². The van der Waals surface area contributed by atoms with Gasteiger partial charge < -0.3 is 15.5 Å². The number of aliphatic hydroxyl groups excluding tert-OH is 1. The molecule has 0 radical (unpaired) electrons. The van der Waals surface area contributed by atoms with Crippen molar-refractivity contribution in [1.29, 1.82) is 0 Å².